The van der Waals surface area contributed by atoms with Gasteiger partial charge in [-0.25, -0.2) is 0 Å². The molecule has 2 heteroatoms. The fraction of sp³-hybridized carbons (Fsp3) is 1.00. The van der Waals surface area contributed by atoms with Gasteiger partial charge >= 0.3 is 0 Å². The Hall–Kier alpha value is -0.0800. The van der Waals surface area contributed by atoms with Gasteiger partial charge in [0.25, 0.3) is 0 Å². The van der Waals surface area contributed by atoms with Crippen molar-refractivity contribution in [2.24, 2.45) is 17.8 Å². The van der Waals surface area contributed by atoms with Gasteiger partial charge in [-0.05, 0) is 43.4 Å². The van der Waals surface area contributed by atoms with E-state index in [9.17, 15) is 5.11 Å². The predicted octanol–water partition coefficient (Wildman–Crippen LogP) is 3.73. The fourth-order valence-electron chi connectivity index (χ4n) is 4.14. The fourth-order valence-corrected chi connectivity index (χ4v) is 4.14. The van der Waals surface area contributed by atoms with Crippen molar-refractivity contribution in [1.29, 1.82) is 0 Å². The van der Waals surface area contributed by atoms with Crippen LogP contribution in [0.3, 0.4) is 0 Å². The van der Waals surface area contributed by atoms with Crippen LogP contribution in [0.1, 0.15) is 72.1 Å². The van der Waals surface area contributed by atoms with E-state index in [0.717, 1.165) is 37.1 Å². The third kappa shape index (κ3) is 4.19. The molecule has 2 aliphatic rings. The van der Waals surface area contributed by atoms with Crippen LogP contribution in [0.25, 0.3) is 0 Å². The predicted molar refractivity (Wildman–Crippen MR) is 81.2 cm³/mol. The summed E-state index contributed by atoms with van der Waals surface area (Å²) >= 11 is 0. The van der Waals surface area contributed by atoms with Gasteiger partial charge in [0.05, 0.1) is 5.60 Å². The molecule has 0 aromatic heterocycles. The molecule has 0 amide bonds. The van der Waals surface area contributed by atoms with Crippen molar-refractivity contribution in [1.82, 2.24) is 5.32 Å². The Bertz CT molecular complexity index is 270. The zero-order valence-corrected chi connectivity index (χ0v) is 13.1. The molecule has 2 aliphatic carbocycles. The molecule has 2 saturated carbocycles. The molecule has 112 valence electrons. The maximum Gasteiger partial charge on any atom is 0.0771 e. The van der Waals surface area contributed by atoms with Gasteiger partial charge in [0, 0.05) is 12.6 Å². The minimum absolute atomic E-state index is 0.416. The van der Waals surface area contributed by atoms with Gasteiger partial charge in [-0.2, -0.15) is 0 Å². The first-order valence-electron chi connectivity index (χ1n) is 8.46. The van der Waals surface area contributed by atoms with E-state index in [0.29, 0.717) is 6.04 Å². The van der Waals surface area contributed by atoms with Gasteiger partial charge in [0.2, 0.25) is 0 Å². The van der Waals surface area contributed by atoms with Crippen LogP contribution in [-0.4, -0.2) is 23.3 Å². The number of hydrogen-bond acceptors (Lipinski definition) is 2. The molecule has 3 unspecified atom stereocenters. The highest BCUT2D eigenvalue weighted by atomic mass is 16.3. The highest BCUT2D eigenvalue weighted by Gasteiger charge is 2.34. The first-order chi connectivity index (χ1) is 9.00. The average Bonchev–Trinajstić information content (AvgIpc) is 2.37. The summed E-state index contributed by atoms with van der Waals surface area (Å²) in [7, 11) is 0. The Morgan fingerprint density at radius 3 is 2.47 bits per heavy atom. The second-order valence-electron chi connectivity index (χ2n) is 7.60. The Kier molecular flexibility index (Phi) is 5.30. The Morgan fingerprint density at radius 1 is 1.16 bits per heavy atom. The zero-order chi connectivity index (χ0) is 13.9. The molecule has 2 fully saturated rings. The highest BCUT2D eigenvalue weighted by Crippen LogP contribution is 2.34. The van der Waals surface area contributed by atoms with Crippen molar-refractivity contribution in [3.8, 4) is 0 Å². The molecule has 0 bridgehead atoms. The first-order valence-corrected chi connectivity index (χ1v) is 8.46. The molecule has 2 rings (SSSR count). The Labute approximate surface area is 119 Å². The molecule has 2 N–H and O–H groups in total. The molecule has 0 radical (unpaired) electrons. The number of rotatable bonds is 4. The Balaban J connectivity index is 1.87. The van der Waals surface area contributed by atoms with E-state index in [-0.39, 0.29) is 0 Å². The summed E-state index contributed by atoms with van der Waals surface area (Å²) in [5, 5.41) is 14.4. The maximum absolute atomic E-state index is 10.6. The lowest BCUT2D eigenvalue weighted by Crippen LogP contribution is -2.50. The number of aliphatic hydroxyl groups is 1. The second kappa shape index (κ2) is 6.58. The quantitative estimate of drug-likeness (QED) is 0.813. The van der Waals surface area contributed by atoms with Crippen LogP contribution >= 0.6 is 0 Å². The van der Waals surface area contributed by atoms with Crippen molar-refractivity contribution in [2.45, 2.75) is 83.8 Å². The minimum atomic E-state index is -0.416. The van der Waals surface area contributed by atoms with Crippen molar-refractivity contribution < 1.29 is 5.11 Å². The highest BCUT2D eigenvalue weighted by molar-refractivity contribution is 4.90. The largest absolute Gasteiger partial charge is 0.389 e. The van der Waals surface area contributed by atoms with Crippen LogP contribution in [0, 0.1) is 17.8 Å². The summed E-state index contributed by atoms with van der Waals surface area (Å²) in [6.45, 7) is 7.89. The lowest BCUT2D eigenvalue weighted by molar-refractivity contribution is -0.00263. The summed E-state index contributed by atoms with van der Waals surface area (Å²) in [5.41, 5.74) is -0.416. The van der Waals surface area contributed by atoms with Gasteiger partial charge in [-0.3, -0.25) is 0 Å². The van der Waals surface area contributed by atoms with Crippen LogP contribution in [0.5, 0.6) is 0 Å². The van der Waals surface area contributed by atoms with Crippen LogP contribution < -0.4 is 5.32 Å². The minimum Gasteiger partial charge on any atom is -0.389 e. The molecule has 0 aromatic rings. The van der Waals surface area contributed by atoms with Gasteiger partial charge < -0.3 is 10.4 Å². The van der Waals surface area contributed by atoms with E-state index in [1.54, 1.807) is 0 Å². The van der Waals surface area contributed by atoms with Crippen LogP contribution in [0.4, 0.5) is 0 Å². The van der Waals surface area contributed by atoms with E-state index in [1.807, 2.05) is 0 Å². The topological polar surface area (TPSA) is 32.3 Å². The van der Waals surface area contributed by atoms with Crippen LogP contribution in [0.2, 0.25) is 0 Å². The number of nitrogens with one attached hydrogen (secondary N) is 1. The SMILES string of the molecule is CC1CCC(C(C)C)C(NCC2(O)CCCCC2)C1. The lowest BCUT2D eigenvalue weighted by atomic mass is 9.73. The van der Waals surface area contributed by atoms with E-state index in [2.05, 4.69) is 26.1 Å². The average molecular weight is 267 g/mol. The second-order valence-corrected chi connectivity index (χ2v) is 7.60. The van der Waals surface area contributed by atoms with E-state index >= 15 is 0 Å². The van der Waals surface area contributed by atoms with Crippen LogP contribution in [0.15, 0.2) is 0 Å². The summed E-state index contributed by atoms with van der Waals surface area (Å²) in [5.74, 6) is 2.39. The molecule has 19 heavy (non-hydrogen) atoms. The van der Waals surface area contributed by atoms with Crippen LogP contribution in [-0.2, 0) is 0 Å². The van der Waals surface area contributed by atoms with Crippen molar-refractivity contribution in [2.75, 3.05) is 6.54 Å². The van der Waals surface area contributed by atoms with Crippen molar-refractivity contribution in [3.63, 3.8) is 0 Å². The first kappa shape index (κ1) is 15.3. The summed E-state index contributed by atoms with van der Waals surface area (Å²) < 4.78 is 0. The van der Waals surface area contributed by atoms with E-state index in [1.165, 1.54) is 38.5 Å². The smallest absolute Gasteiger partial charge is 0.0771 e. The maximum atomic E-state index is 10.6. The molecule has 0 aliphatic heterocycles. The molecular weight excluding hydrogens is 234 g/mol. The monoisotopic (exact) mass is 267 g/mol. The molecule has 0 heterocycles. The van der Waals surface area contributed by atoms with Crippen molar-refractivity contribution >= 4 is 0 Å². The Morgan fingerprint density at radius 2 is 1.84 bits per heavy atom. The third-order valence-electron chi connectivity index (χ3n) is 5.50. The molecule has 2 nitrogen and oxygen atoms in total. The zero-order valence-electron chi connectivity index (χ0n) is 13.1. The normalized spacial score (nSPS) is 35.5. The molecule has 0 spiro atoms. The molecular formula is C17H33NO. The van der Waals surface area contributed by atoms with Gasteiger partial charge in [0.15, 0.2) is 0 Å². The van der Waals surface area contributed by atoms with Gasteiger partial charge in [0.1, 0.15) is 0 Å². The molecule has 3 atom stereocenters. The standard InChI is InChI=1S/C17H33NO/c1-13(2)15-8-7-14(3)11-16(15)18-12-17(19)9-5-4-6-10-17/h13-16,18-19H,4-12H2,1-3H3. The summed E-state index contributed by atoms with van der Waals surface area (Å²) in [4.78, 5) is 0. The van der Waals surface area contributed by atoms with E-state index < -0.39 is 5.60 Å². The molecule has 0 saturated heterocycles. The van der Waals surface area contributed by atoms with Gasteiger partial charge in [-0.15, -0.1) is 0 Å². The summed E-state index contributed by atoms with van der Waals surface area (Å²) in [6, 6.07) is 0.620. The van der Waals surface area contributed by atoms with Gasteiger partial charge in [-0.1, -0.05) is 46.5 Å². The third-order valence-corrected chi connectivity index (χ3v) is 5.50. The van der Waals surface area contributed by atoms with E-state index in [4.69, 9.17) is 0 Å². The lowest BCUT2D eigenvalue weighted by Gasteiger charge is -2.41. The summed E-state index contributed by atoms with van der Waals surface area (Å²) in [6.07, 6.45) is 9.72. The molecule has 0 aromatic carbocycles. The van der Waals surface area contributed by atoms with Crippen molar-refractivity contribution in [3.05, 3.63) is 0 Å². The number of hydrogen-bond donors (Lipinski definition) is 2.